The lowest BCUT2D eigenvalue weighted by Crippen LogP contribution is -2.37. The van der Waals surface area contributed by atoms with E-state index in [-0.39, 0.29) is 0 Å². The Hall–Kier alpha value is 0.0500. The molecule has 2 heteroatoms. The second-order valence-corrected chi connectivity index (χ2v) is 3.51. The Labute approximate surface area is 61.1 Å². The third-order valence-electron chi connectivity index (χ3n) is 1.72. The van der Waals surface area contributed by atoms with Gasteiger partial charge in [0, 0.05) is 24.1 Å². The van der Waals surface area contributed by atoms with E-state index in [0.29, 0.717) is 6.04 Å². The van der Waals surface area contributed by atoms with Crippen LogP contribution >= 0.6 is 11.8 Å². The summed E-state index contributed by atoms with van der Waals surface area (Å²) in [6, 6.07) is 0.615. The van der Waals surface area contributed by atoms with Gasteiger partial charge in [-0.2, -0.15) is 11.8 Å². The number of hydrogen-bond acceptors (Lipinski definition) is 2. The molecular formula is C7H13NS. The van der Waals surface area contributed by atoms with Crippen molar-refractivity contribution in [1.82, 2.24) is 4.90 Å². The molecule has 1 rings (SSSR count). The SMILES string of the molecule is C=CC1CSCCN1C. The van der Waals surface area contributed by atoms with E-state index in [4.69, 9.17) is 0 Å². The molecule has 1 heterocycles. The average Bonchev–Trinajstić information content (AvgIpc) is 1.89. The summed E-state index contributed by atoms with van der Waals surface area (Å²) in [6.45, 7) is 4.99. The monoisotopic (exact) mass is 143 g/mol. The summed E-state index contributed by atoms with van der Waals surface area (Å²) < 4.78 is 0. The van der Waals surface area contributed by atoms with E-state index >= 15 is 0 Å². The summed E-state index contributed by atoms with van der Waals surface area (Å²) in [4.78, 5) is 2.35. The fraction of sp³-hybridized carbons (Fsp3) is 0.714. The Bertz CT molecular complexity index is 103. The Balaban J connectivity index is 2.38. The molecule has 0 bridgehead atoms. The highest BCUT2D eigenvalue weighted by atomic mass is 32.2. The molecule has 1 unspecified atom stereocenters. The molecule has 0 aromatic heterocycles. The predicted octanol–water partition coefficient (Wildman–Crippen LogP) is 1.22. The molecule has 9 heavy (non-hydrogen) atoms. The second-order valence-electron chi connectivity index (χ2n) is 2.36. The molecule has 1 aliphatic rings. The number of nitrogens with zero attached hydrogens (tertiary/aromatic N) is 1. The van der Waals surface area contributed by atoms with Crippen molar-refractivity contribution in [1.29, 1.82) is 0 Å². The van der Waals surface area contributed by atoms with Gasteiger partial charge in [-0.05, 0) is 7.05 Å². The molecule has 1 nitrogen and oxygen atoms in total. The smallest absolute Gasteiger partial charge is 0.0363 e. The van der Waals surface area contributed by atoms with Gasteiger partial charge in [0.2, 0.25) is 0 Å². The highest BCUT2D eigenvalue weighted by Crippen LogP contribution is 2.14. The van der Waals surface area contributed by atoms with Crippen LogP contribution in [0, 0.1) is 0 Å². The Morgan fingerprint density at radius 2 is 2.56 bits per heavy atom. The molecule has 0 aromatic carbocycles. The summed E-state index contributed by atoms with van der Waals surface area (Å²) in [5.41, 5.74) is 0. The van der Waals surface area contributed by atoms with E-state index < -0.39 is 0 Å². The number of hydrogen-bond donors (Lipinski definition) is 0. The van der Waals surface area contributed by atoms with E-state index in [9.17, 15) is 0 Å². The number of thioether (sulfide) groups is 1. The van der Waals surface area contributed by atoms with E-state index in [1.54, 1.807) is 0 Å². The fourth-order valence-electron chi connectivity index (χ4n) is 0.954. The first-order valence-corrected chi connectivity index (χ1v) is 4.40. The van der Waals surface area contributed by atoms with Gasteiger partial charge in [-0.1, -0.05) is 6.08 Å². The van der Waals surface area contributed by atoms with Crippen LogP contribution in [0.5, 0.6) is 0 Å². The zero-order chi connectivity index (χ0) is 6.69. The minimum atomic E-state index is 0.615. The minimum Gasteiger partial charge on any atom is -0.298 e. The number of rotatable bonds is 1. The molecule has 0 aromatic rings. The lowest BCUT2D eigenvalue weighted by Gasteiger charge is -2.29. The van der Waals surface area contributed by atoms with E-state index in [1.165, 1.54) is 18.1 Å². The second kappa shape index (κ2) is 3.28. The van der Waals surface area contributed by atoms with Gasteiger partial charge in [0.25, 0.3) is 0 Å². The van der Waals surface area contributed by atoms with Crippen molar-refractivity contribution in [2.24, 2.45) is 0 Å². The summed E-state index contributed by atoms with van der Waals surface area (Å²) in [5.74, 6) is 2.50. The molecule has 1 saturated heterocycles. The average molecular weight is 143 g/mol. The summed E-state index contributed by atoms with van der Waals surface area (Å²) in [7, 11) is 2.16. The molecule has 0 N–H and O–H groups in total. The Morgan fingerprint density at radius 3 is 3.00 bits per heavy atom. The molecule has 0 aliphatic carbocycles. The fourth-order valence-corrected chi connectivity index (χ4v) is 2.17. The minimum absolute atomic E-state index is 0.615. The quantitative estimate of drug-likeness (QED) is 0.508. The van der Waals surface area contributed by atoms with Crippen LogP contribution in [0.4, 0.5) is 0 Å². The molecule has 0 radical (unpaired) electrons. The summed E-state index contributed by atoms with van der Waals surface area (Å²) in [5, 5.41) is 0. The standard InChI is InChI=1S/C7H13NS/c1-3-7-6-9-5-4-8(7)2/h3,7H,1,4-6H2,2H3. The van der Waals surface area contributed by atoms with Crippen LogP contribution in [0.3, 0.4) is 0 Å². The molecule has 0 saturated carbocycles. The lowest BCUT2D eigenvalue weighted by molar-refractivity contribution is 0.312. The lowest BCUT2D eigenvalue weighted by atomic mass is 10.3. The van der Waals surface area contributed by atoms with Gasteiger partial charge in [0.15, 0.2) is 0 Å². The molecule has 1 aliphatic heterocycles. The largest absolute Gasteiger partial charge is 0.298 e. The van der Waals surface area contributed by atoms with Crippen molar-refractivity contribution >= 4 is 11.8 Å². The van der Waals surface area contributed by atoms with Crippen molar-refractivity contribution in [3.05, 3.63) is 12.7 Å². The van der Waals surface area contributed by atoms with Gasteiger partial charge >= 0.3 is 0 Å². The third-order valence-corrected chi connectivity index (χ3v) is 2.76. The third kappa shape index (κ3) is 1.73. The van der Waals surface area contributed by atoms with Gasteiger partial charge in [-0.3, -0.25) is 4.90 Å². The van der Waals surface area contributed by atoms with E-state index in [1.807, 2.05) is 17.8 Å². The molecule has 0 amide bonds. The van der Waals surface area contributed by atoms with Crippen molar-refractivity contribution in [2.45, 2.75) is 6.04 Å². The van der Waals surface area contributed by atoms with Crippen molar-refractivity contribution < 1.29 is 0 Å². The van der Waals surface area contributed by atoms with Crippen LogP contribution in [0.25, 0.3) is 0 Å². The van der Waals surface area contributed by atoms with Gasteiger partial charge in [0.05, 0.1) is 0 Å². The molecule has 52 valence electrons. The van der Waals surface area contributed by atoms with Crippen LogP contribution in [0.15, 0.2) is 12.7 Å². The Morgan fingerprint density at radius 1 is 1.78 bits per heavy atom. The maximum Gasteiger partial charge on any atom is 0.0363 e. The topological polar surface area (TPSA) is 3.24 Å². The van der Waals surface area contributed by atoms with E-state index in [0.717, 1.165) is 0 Å². The van der Waals surface area contributed by atoms with Crippen molar-refractivity contribution in [3.63, 3.8) is 0 Å². The molecule has 0 spiro atoms. The first kappa shape index (κ1) is 7.16. The molecule has 1 atom stereocenters. The van der Waals surface area contributed by atoms with Crippen molar-refractivity contribution in [3.8, 4) is 0 Å². The van der Waals surface area contributed by atoms with Gasteiger partial charge in [-0.25, -0.2) is 0 Å². The predicted molar refractivity (Wildman–Crippen MR) is 43.9 cm³/mol. The van der Waals surface area contributed by atoms with Gasteiger partial charge < -0.3 is 0 Å². The highest BCUT2D eigenvalue weighted by molar-refractivity contribution is 7.99. The zero-order valence-corrected chi connectivity index (χ0v) is 6.66. The number of likely N-dealkylation sites (N-methyl/N-ethyl adjacent to an activating group) is 1. The normalized spacial score (nSPS) is 30.1. The Kier molecular flexibility index (Phi) is 2.61. The maximum absolute atomic E-state index is 3.78. The first-order valence-electron chi connectivity index (χ1n) is 3.25. The van der Waals surface area contributed by atoms with Crippen LogP contribution in [0.2, 0.25) is 0 Å². The van der Waals surface area contributed by atoms with Crippen LogP contribution in [-0.4, -0.2) is 36.0 Å². The van der Waals surface area contributed by atoms with Crippen LogP contribution < -0.4 is 0 Å². The first-order chi connectivity index (χ1) is 4.34. The molecule has 1 fully saturated rings. The van der Waals surface area contributed by atoms with Crippen LogP contribution in [0.1, 0.15) is 0 Å². The summed E-state index contributed by atoms with van der Waals surface area (Å²) in [6.07, 6.45) is 2.03. The van der Waals surface area contributed by atoms with Crippen molar-refractivity contribution in [2.75, 3.05) is 25.1 Å². The maximum atomic E-state index is 3.78. The summed E-state index contributed by atoms with van der Waals surface area (Å²) >= 11 is 2.02. The van der Waals surface area contributed by atoms with Crippen LogP contribution in [-0.2, 0) is 0 Å². The molecular weight excluding hydrogens is 130 g/mol. The zero-order valence-electron chi connectivity index (χ0n) is 5.84. The van der Waals surface area contributed by atoms with E-state index in [2.05, 4.69) is 18.5 Å². The highest BCUT2D eigenvalue weighted by Gasteiger charge is 2.14. The van der Waals surface area contributed by atoms with Gasteiger partial charge in [0.1, 0.15) is 0 Å². The van der Waals surface area contributed by atoms with Gasteiger partial charge in [-0.15, -0.1) is 6.58 Å².